The molecule has 1 heterocycles. The quantitative estimate of drug-likeness (QED) is 0.621. The van der Waals surface area contributed by atoms with Crippen LogP contribution in [0.1, 0.15) is 12.0 Å². The van der Waals surface area contributed by atoms with Crippen LogP contribution in [0.2, 0.25) is 0 Å². The second-order valence-corrected chi connectivity index (χ2v) is 5.05. The van der Waals surface area contributed by atoms with Crippen molar-refractivity contribution in [3.05, 3.63) is 48.1 Å². The molecule has 0 saturated carbocycles. The van der Waals surface area contributed by atoms with Gasteiger partial charge in [0.2, 0.25) is 5.66 Å². The van der Waals surface area contributed by atoms with Crippen molar-refractivity contribution in [2.75, 3.05) is 0 Å². The molecule has 2 aliphatic rings. The molecule has 0 bridgehead atoms. The van der Waals surface area contributed by atoms with Crippen molar-refractivity contribution in [3.8, 4) is 5.75 Å². The molecule has 2 atom stereocenters. The summed E-state index contributed by atoms with van der Waals surface area (Å²) in [4.78, 5) is 0. The Morgan fingerprint density at radius 3 is 3.13 bits per heavy atom. The van der Waals surface area contributed by atoms with Gasteiger partial charge in [0.1, 0.15) is 0 Å². The van der Waals surface area contributed by atoms with E-state index in [-0.39, 0.29) is 5.66 Å². The molecule has 1 aromatic rings. The summed E-state index contributed by atoms with van der Waals surface area (Å²) in [5, 5.41) is 0. The molecule has 0 amide bonds. The van der Waals surface area contributed by atoms with Gasteiger partial charge in [-0.2, -0.15) is 0 Å². The van der Waals surface area contributed by atoms with Crippen LogP contribution in [0.4, 0.5) is 0 Å². The highest BCUT2D eigenvalue weighted by molar-refractivity contribution is 7.41. The van der Waals surface area contributed by atoms with Crippen molar-refractivity contribution in [2.45, 2.75) is 12.1 Å². The lowest BCUT2D eigenvalue weighted by atomic mass is 9.96. The van der Waals surface area contributed by atoms with E-state index < -0.39 is 8.03 Å². The Morgan fingerprint density at radius 2 is 2.20 bits per heavy atom. The topological polar surface area (TPSA) is 26.3 Å². The van der Waals surface area contributed by atoms with Crippen molar-refractivity contribution < 1.29 is 9.09 Å². The standard InChI is InChI=1S/C12H10O2P/c13-15-12-8-4-2-6-10(12)9-5-1-3-7-11(9)14-15/h1-7,12H,8H2/q+1. The fraction of sp³-hybridized carbons (Fsp3) is 0.167. The third-order valence-electron chi connectivity index (χ3n) is 2.77. The van der Waals surface area contributed by atoms with E-state index in [1.165, 1.54) is 0 Å². The number of para-hydroxylation sites is 1. The lowest BCUT2D eigenvalue weighted by Crippen LogP contribution is -2.14. The molecule has 0 fully saturated rings. The highest BCUT2D eigenvalue weighted by Gasteiger charge is 2.43. The smallest absolute Gasteiger partial charge is 0.253 e. The molecule has 0 radical (unpaired) electrons. The molecule has 74 valence electrons. The zero-order valence-corrected chi connectivity index (χ0v) is 8.98. The van der Waals surface area contributed by atoms with Crippen LogP contribution in [0.3, 0.4) is 0 Å². The predicted molar refractivity (Wildman–Crippen MR) is 60.2 cm³/mol. The summed E-state index contributed by atoms with van der Waals surface area (Å²) in [6, 6.07) is 7.78. The summed E-state index contributed by atoms with van der Waals surface area (Å²) < 4.78 is 17.3. The average molecular weight is 217 g/mol. The third kappa shape index (κ3) is 1.33. The molecule has 0 saturated heterocycles. The van der Waals surface area contributed by atoms with Crippen molar-refractivity contribution >= 4 is 13.6 Å². The van der Waals surface area contributed by atoms with Gasteiger partial charge in [0.25, 0.3) is 0 Å². The highest BCUT2D eigenvalue weighted by atomic mass is 31.1. The molecule has 2 nitrogen and oxygen atoms in total. The summed E-state index contributed by atoms with van der Waals surface area (Å²) >= 11 is 0. The van der Waals surface area contributed by atoms with Crippen LogP contribution < -0.4 is 4.52 Å². The highest BCUT2D eigenvalue weighted by Crippen LogP contribution is 2.50. The van der Waals surface area contributed by atoms with Crippen LogP contribution in [0.25, 0.3) is 5.57 Å². The Balaban J connectivity index is 2.21. The number of hydrogen-bond donors (Lipinski definition) is 0. The normalized spacial score (nSPS) is 24.9. The van der Waals surface area contributed by atoms with E-state index in [1.807, 2.05) is 42.5 Å². The van der Waals surface area contributed by atoms with Gasteiger partial charge >= 0.3 is 8.03 Å². The molecular weight excluding hydrogens is 207 g/mol. The average Bonchev–Trinajstić information content (AvgIpc) is 2.30. The summed E-state index contributed by atoms with van der Waals surface area (Å²) in [5.74, 6) is 0.747. The van der Waals surface area contributed by atoms with E-state index in [2.05, 4.69) is 0 Å². The Hall–Kier alpha value is -1.40. The molecule has 0 N–H and O–H groups in total. The molecule has 3 rings (SSSR count). The zero-order valence-electron chi connectivity index (χ0n) is 8.09. The van der Waals surface area contributed by atoms with Crippen LogP contribution >= 0.6 is 8.03 Å². The lowest BCUT2D eigenvalue weighted by Gasteiger charge is -2.18. The summed E-state index contributed by atoms with van der Waals surface area (Å²) in [6.07, 6.45) is 6.92. The van der Waals surface area contributed by atoms with Crippen LogP contribution in [0, 0.1) is 0 Å². The van der Waals surface area contributed by atoms with E-state index in [0.717, 1.165) is 23.3 Å². The van der Waals surface area contributed by atoms with Gasteiger partial charge in [0.15, 0.2) is 5.75 Å². The summed E-state index contributed by atoms with van der Waals surface area (Å²) in [5.41, 5.74) is 2.28. The minimum absolute atomic E-state index is 0.0416. The van der Waals surface area contributed by atoms with Gasteiger partial charge in [0, 0.05) is 17.6 Å². The molecule has 15 heavy (non-hydrogen) atoms. The molecule has 1 aromatic carbocycles. The van der Waals surface area contributed by atoms with Crippen molar-refractivity contribution in [3.63, 3.8) is 0 Å². The maximum atomic E-state index is 11.8. The maximum absolute atomic E-state index is 11.8. The Kier molecular flexibility index (Phi) is 1.96. The fourth-order valence-corrected chi connectivity index (χ4v) is 3.26. The van der Waals surface area contributed by atoms with Crippen molar-refractivity contribution in [1.29, 1.82) is 0 Å². The molecule has 2 unspecified atom stereocenters. The van der Waals surface area contributed by atoms with Gasteiger partial charge in [-0.05, 0) is 10.6 Å². The fourth-order valence-electron chi connectivity index (χ4n) is 2.03. The first-order chi connectivity index (χ1) is 7.36. The minimum atomic E-state index is -1.61. The van der Waals surface area contributed by atoms with Gasteiger partial charge in [-0.3, -0.25) is 4.52 Å². The van der Waals surface area contributed by atoms with Crippen LogP contribution in [-0.2, 0) is 4.57 Å². The van der Waals surface area contributed by atoms with E-state index in [0.29, 0.717) is 0 Å². The van der Waals surface area contributed by atoms with Gasteiger partial charge in [-0.15, -0.1) is 0 Å². The Bertz CT molecular complexity index is 488. The summed E-state index contributed by atoms with van der Waals surface area (Å²) in [7, 11) is -1.61. The number of rotatable bonds is 0. The number of fused-ring (bicyclic) bond motifs is 3. The number of allylic oxidation sites excluding steroid dienone is 4. The van der Waals surface area contributed by atoms with E-state index in [9.17, 15) is 4.57 Å². The van der Waals surface area contributed by atoms with E-state index in [1.54, 1.807) is 0 Å². The van der Waals surface area contributed by atoms with Gasteiger partial charge in [-0.1, -0.05) is 36.4 Å². The first kappa shape index (κ1) is 8.87. The zero-order chi connectivity index (χ0) is 10.3. The SMILES string of the molecule is O=[P+]1Oc2ccccc2C2=CC=CCC21. The first-order valence-corrected chi connectivity index (χ1v) is 6.21. The van der Waals surface area contributed by atoms with Crippen LogP contribution in [-0.4, -0.2) is 5.66 Å². The van der Waals surface area contributed by atoms with Crippen LogP contribution in [0.5, 0.6) is 5.75 Å². The predicted octanol–water partition coefficient (Wildman–Crippen LogP) is 3.53. The monoisotopic (exact) mass is 217 g/mol. The van der Waals surface area contributed by atoms with Crippen molar-refractivity contribution in [1.82, 2.24) is 0 Å². The molecule has 0 spiro atoms. The number of hydrogen-bond acceptors (Lipinski definition) is 2. The molecule has 1 aliphatic heterocycles. The van der Waals surface area contributed by atoms with Gasteiger partial charge in [-0.25, -0.2) is 0 Å². The van der Waals surface area contributed by atoms with Crippen LogP contribution in [0.15, 0.2) is 42.5 Å². The second kappa shape index (κ2) is 3.32. The minimum Gasteiger partial charge on any atom is -0.253 e. The largest absolute Gasteiger partial charge is 0.564 e. The third-order valence-corrected chi connectivity index (χ3v) is 4.15. The van der Waals surface area contributed by atoms with E-state index >= 15 is 0 Å². The molecule has 0 aromatic heterocycles. The maximum Gasteiger partial charge on any atom is 0.564 e. The lowest BCUT2D eigenvalue weighted by molar-refractivity contribution is 0.492. The molecule has 3 heteroatoms. The van der Waals surface area contributed by atoms with Gasteiger partial charge in [0.05, 0.1) is 0 Å². The van der Waals surface area contributed by atoms with Gasteiger partial charge < -0.3 is 0 Å². The molecular formula is C12H10O2P+. The van der Waals surface area contributed by atoms with E-state index in [4.69, 9.17) is 4.52 Å². The Labute approximate surface area is 89.1 Å². The molecule has 1 aliphatic carbocycles. The first-order valence-electron chi connectivity index (χ1n) is 4.97. The summed E-state index contributed by atoms with van der Waals surface area (Å²) in [6.45, 7) is 0. The Morgan fingerprint density at radius 1 is 1.33 bits per heavy atom. The number of benzene rings is 1. The van der Waals surface area contributed by atoms with Crippen molar-refractivity contribution in [2.24, 2.45) is 0 Å². The second-order valence-electron chi connectivity index (χ2n) is 3.67.